The number of amides is 1. The van der Waals surface area contributed by atoms with Gasteiger partial charge in [0.25, 0.3) is 0 Å². The first-order valence-electron chi connectivity index (χ1n) is 6.62. The van der Waals surface area contributed by atoms with Crippen molar-refractivity contribution in [2.24, 2.45) is 0 Å². The van der Waals surface area contributed by atoms with Crippen LogP contribution in [0.15, 0.2) is 0 Å². The maximum atomic E-state index is 12.3. The Hall–Kier alpha value is -0.610. The van der Waals surface area contributed by atoms with Gasteiger partial charge in [0.15, 0.2) is 0 Å². The van der Waals surface area contributed by atoms with Crippen molar-refractivity contribution in [2.45, 2.75) is 38.6 Å². The molecule has 1 aliphatic heterocycles. The van der Waals surface area contributed by atoms with Gasteiger partial charge in [-0.2, -0.15) is 0 Å². The van der Waals surface area contributed by atoms with Crippen LogP contribution < -0.4 is 5.32 Å². The highest BCUT2D eigenvalue weighted by Gasteiger charge is 2.32. The van der Waals surface area contributed by atoms with Crippen LogP contribution in [0.4, 0.5) is 0 Å². The fraction of sp³-hybridized carbons (Fsp3) is 0.923. The highest BCUT2D eigenvalue weighted by molar-refractivity contribution is 5.85. The highest BCUT2D eigenvalue weighted by atomic mass is 16.2. The van der Waals surface area contributed by atoms with Crippen molar-refractivity contribution in [3.63, 3.8) is 0 Å². The van der Waals surface area contributed by atoms with Crippen molar-refractivity contribution in [1.29, 1.82) is 0 Å². The molecule has 0 bridgehead atoms. The first-order chi connectivity index (χ1) is 7.93. The molecular weight excluding hydrogens is 214 g/mol. The Balaban J connectivity index is 2.51. The number of carbonyl (C=O) groups excluding carboxylic acids is 1. The van der Waals surface area contributed by atoms with E-state index in [1.807, 2.05) is 18.7 Å². The number of rotatable bonds is 4. The molecule has 0 aromatic heterocycles. The minimum absolute atomic E-state index is 0.246. The van der Waals surface area contributed by atoms with Crippen LogP contribution in [-0.2, 0) is 4.79 Å². The Morgan fingerprint density at radius 2 is 2.06 bits per heavy atom. The summed E-state index contributed by atoms with van der Waals surface area (Å²) in [5.74, 6) is 0.246. The minimum atomic E-state index is -0.404. The van der Waals surface area contributed by atoms with Gasteiger partial charge in [-0.25, -0.2) is 0 Å². The molecule has 0 aliphatic carbocycles. The molecule has 0 aromatic carbocycles. The Morgan fingerprint density at radius 1 is 1.35 bits per heavy atom. The smallest absolute Gasteiger partial charge is 0.242 e. The molecule has 0 atom stereocenters. The number of hydrogen-bond acceptors (Lipinski definition) is 3. The van der Waals surface area contributed by atoms with Crippen molar-refractivity contribution >= 4 is 5.91 Å². The van der Waals surface area contributed by atoms with Gasteiger partial charge in [0, 0.05) is 13.1 Å². The van der Waals surface area contributed by atoms with Crippen LogP contribution in [0.25, 0.3) is 0 Å². The van der Waals surface area contributed by atoms with Crippen LogP contribution >= 0.6 is 0 Å². The van der Waals surface area contributed by atoms with Crippen LogP contribution in [0.1, 0.15) is 33.1 Å². The first-order valence-corrected chi connectivity index (χ1v) is 6.62. The summed E-state index contributed by atoms with van der Waals surface area (Å²) >= 11 is 0. The number of carbonyl (C=O) groups is 1. The van der Waals surface area contributed by atoms with E-state index in [1.165, 1.54) is 0 Å². The lowest BCUT2D eigenvalue weighted by Crippen LogP contribution is -2.56. The Labute approximate surface area is 105 Å². The fourth-order valence-corrected chi connectivity index (χ4v) is 2.19. The molecule has 1 fully saturated rings. The van der Waals surface area contributed by atoms with E-state index in [4.69, 9.17) is 0 Å². The van der Waals surface area contributed by atoms with Crippen molar-refractivity contribution in [3.8, 4) is 0 Å². The first kappa shape index (κ1) is 14.5. The zero-order chi connectivity index (χ0) is 12.9. The van der Waals surface area contributed by atoms with Crippen LogP contribution in [0.2, 0.25) is 0 Å². The van der Waals surface area contributed by atoms with Gasteiger partial charge in [-0.05, 0) is 60.3 Å². The number of hydrogen-bond donors (Lipinski definition) is 1. The Bertz CT molecular complexity index is 251. The Kier molecular flexibility index (Phi) is 5.40. The molecular formula is C13H27N3O. The summed E-state index contributed by atoms with van der Waals surface area (Å²) in [6.07, 6.45) is 3.31. The van der Waals surface area contributed by atoms with Gasteiger partial charge in [0.2, 0.25) is 5.91 Å². The second-order valence-electron chi connectivity index (χ2n) is 5.71. The summed E-state index contributed by atoms with van der Waals surface area (Å²) in [6.45, 7) is 7.75. The van der Waals surface area contributed by atoms with Gasteiger partial charge >= 0.3 is 0 Å². The van der Waals surface area contributed by atoms with E-state index in [-0.39, 0.29) is 5.91 Å². The van der Waals surface area contributed by atoms with Gasteiger partial charge in [-0.3, -0.25) is 4.79 Å². The highest BCUT2D eigenvalue weighted by Crippen LogP contribution is 2.13. The lowest BCUT2D eigenvalue weighted by Gasteiger charge is -2.35. The molecule has 0 saturated carbocycles. The molecule has 0 aromatic rings. The van der Waals surface area contributed by atoms with E-state index < -0.39 is 5.54 Å². The summed E-state index contributed by atoms with van der Waals surface area (Å²) in [5, 5.41) is 3.34. The van der Waals surface area contributed by atoms with Gasteiger partial charge in [-0.1, -0.05) is 0 Å². The van der Waals surface area contributed by atoms with Crippen molar-refractivity contribution in [3.05, 3.63) is 0 Å². The summed E-state index contributed by atoms with van der Waals surface area (Å²) in [4.78, 5) is 16.5. The average molecular weight is 241 g/mol. The predicted molar refractivity (Wildman–Crippen MR) is 71.1 cm³/mol. The van der Waals surface area contributed by atoms with Gasteiger partial charge in [0.1, 0.15) is 0 Å². The third-order valence-electron chi connectivity index (χ3n) is 3.28. The topological polar surface area (TPSA) is 35.6 Å². The summed E-state index contributed by atoms with van der Waals surface area (Å²) in [5.41, 5.74) is -0.404. The minimum Gasteiger partial charge on any atom is -0.341 e. The molecule has 1 amide bonds. The van der Waals surface area contributed by atoms with E-state index in [2.05, 4.69) is 24.3 Å². The van der Waals surface area contributed by atoms with Gasteiger partial charge in [-0.15, -0.1) is 0 Å². The van der Waals surface area contributed by atoms with Crippen LogP contribution in [-0.4, -0.2) is 61.5 Å². The number of nitrogens with zero attached hydrogens (tertiary/aromatic N) is 2. The third kappa shape index (κ3) is 4.64. The lowest BCUT2D eigenvalue weighted by atomic mass is 10.0. The SMILES string of the molecule is CN(C)CCCN1CCCCNC(C)(C)C1=O. The third-order valence-corrected chi connectivity index (χ3v) is 3.28. The van der Waals surface area contributed by atoms with Crippen LogP contribution in [0.3, 0.4) is 0 Å². The van der Waals surface area contributed by atoms with Crippen LogP contribution in [0, 0.1) is 0 Å². The van der Waals surface area contributed by atoms with E-state index in [1.54, 1.807) is 0 Å². The van der Waals surface area contributed by atoms with Crippen molar-refractivity contribution < 1.29 is 4.79 Å². The van der Waals surface area contributed by atoms with E-state index in [0.717, 1.165) is 45.4 Å². The van der Waals surface area contributed by atoms with E-state index >= 15 is 0 Å². The zero-order valence-corrected chi connectivity index (χ0v) is 11.8. The van der Waals surface area contributed by atoms with Gasteiger partial charge in [0.05, 0.1) is 5.54 Å². The molecule has 1 aliphatic rings. The average Bonchev–Trinajstić information content (AvgIpc) is 2.23. The maximum absolute atomic E-state index is 12.3. The quantitative estimate of drug-likeness (QED) is 0.795. The second kappa shape index (κ2) is 6.36. The normalized spacial score (nSPS) is 21.5. The largest absolute Gasteiger partial charge is 0.341 e. The molecule has 4 heteroatoms. The predicted octanol–water partition coefficient (Wildman–Crippen LogP) is 0.929. The molecule has 0 spiro atoms. The summed E-state index contributed by atoms with van der Waals surface area (Å²) < 4.78 is 0. The van der Waals surface area contributed by atoms with E-state index in [9.17, 15) is 4.79 Å². The molecule has 4 nitrogen and oxygen atoms in total. The van der Waals surface area contributed by atoms with E-state index in [0.29, 0.717) is 0 Å². The molecule has 1 saturated heterocycles. The summed E-state index contributed by atoms with van der Waals surface area (Å²) in [7, 11) is 4.14. The van der Waals surface area contributed by atoms with Gasteiger partial charge < -0.3 is 15.1 Å². The molecule has 1 rings (SSSR count). The maximum Gasteiger partial charge on any atom is 0.242 e. The molecule has 100 valence electrons. The van der Waals surface area contributed by atoms with Crippen LogP contribution in [0.5, 0.6) is 0 Å². The Morgan fingerprint density at radius 3 is 2.71 bits per heavy atom. The standard InChI is InChI=1S/C13H27N3O/c1-13(2)12(17)16(10-6-5-8-14-13)11-7-9-15(3)4/h14H,5-11H2,1-4H3. The molecule has 17 heavy (non-hydrogen) atoms. The summed E-state index contributed by atoms with van der Waals surface area (Å²) in [6, 6.07) is 0. The van der Waals surface area contributed by atoms with Crippen molar-refractivity contribution in [2.75, 3.05) is 40.3 Å². The molecule has 0 unspecified atom stereocenters. The molecule has 1 heterocycles. The number of nitrogens with one attached hydrogen (secondary N) is 1. The second-order valence-corrected chi connectivity index (χ2v) is 5.71. The fourth-order valence-electron chi connectivity index (χ4n) is 2.19. The molecule has 0 radical (unpaired) electrons. The molecule has 1 N–H and O–H groups in total. The van der Waals surface area contributed by atoms with Crippen molar-refractivity contribution in [1.82, 2.24) is 15.1 Å². The zero-order valence-electron chi connectivity index (χ0n) is 11.8. The lowest BCUT2D eigenvalue weighted by molar-refractivity contribution is -0.137. The monoisotopic (exact) mass is 241 g/mol.